The van der Waals surface area contributed by atoms with Crippen LogP contribution in [0.1, 0.15) is 5.56 Å². The highest BCUT2D eigenvalue weighted by Crippen LogP contribution is 2.21. The van der Waals surface area contributed by atoms with Crippen molar-refractivity contribution >= 4 is 46.4 Å². The van der Waals surface area contributed by atoms with E-state index in [-0.39, 0.29) is 13.5 Å². The maximum atomic E-state index is 10.7. The number of thiol groups is 1. The van der Waals surface area contributed by atoms with Crippen LogP contribution < -0.4 is 5.73 Å². The predicted octanol–water partition coefficient (Wildman–Crippen LogP) is 2.33. The second-order valence-corrected chi connectivity index (χ2v) is 7.05. The molecule has 0 saturated carbocycles. The van der Waals surface area contributed by atoms with Gasteiger partial charge in [0, 0.05) is 11.4 Å². The highest BCUT2D eigenvalue weighted by molar-refractivity contribution is 7.86. The summed E-state index contributed by atoms with van der Waals surface area (Å²) in [5, 5.41) is 0. The molecule has 0 aliphatic heterocycles. The van der Waals surface area contributed by atoms with Crippen molar-refractivity contribution in [2.24, 2.45) is 5.73 Å². The summed E-state index contributed by atoms with van der Waals surface area (Å²) in [6, 6.07) is 7.82. The van der Waals surface area contributed by atoms with Gasteiger partial charge in [0.25, 0.3) is 0 Å². The summed E-state index contributed by atoms with van der Waals surface area (Å²) in [7, 11) is -11.7. The molecule has 0 aliphatic rings. The Hall–Kier alpha value is -0.720. The zero-order valence-corrected chi connectivity index (χ0v) is 15.7. The van der Waals surface area contributed by atoms with Crippen LogP contribution in [0.15, 0.2) is 29.2 Å². The molecule has 17 heteroatoms. The van der Waals surface area contributed by atoms with Gasteiger partial charge in [0.1, 0.15) is 0 Å². The molecule has 0 heterocycles. The van der Waals surface area contributed by atoms with E-state index in [0.717, 1.165) is 10.5 Å². The van der Waals surface area contributed by atoms with Crippen LogP contribution >= 0.6 is 26.1 Å². The molecule has 1 aromatic carbocycles. The summed E-state index contributed by atoms with van der Waals surface area (Å²) in [6.07, 6.45) is 0. The van der Waals surface area contributed by atoms with Crippen molar-refractivity contribution in [3.05, 3.63) is 29.8 Å². The molecule has 4 N–H and O–H groups in total. The third-order valence-corrected chi connectivity index (χ3v) is 3.23. The van der Waals surface area contributed by atoms with Crippen LogP contribution in [0.3, 0.4) is 0 Å². The van der Waals surface area contributed by atoms with Crippen molar-refractivity contribution in [3.63, 3.8) is 0 Å². The third kappa shape index (κ3) is 13.5. The van der Waals surface area contributed by atoms with Crippen LogP contribution in [0, 0.1) is 0 Å². The predicted molar refractivity (Wildman–Crippen MR) is 87.2 cm³/mol. The number of hydrogen-bond acceptors (Lipinski definition) is 6. The van der Waals surface area contributed by atoms with Gasteiger partial charge in [0.2, 0.25) is 0 Å². The number of hydrogen-bond donors (Lipinski definition) is 4. The summed E-state index contributed by atoms with van der Waals surface area (Å²) in [5.41, 5.74) is -4.55. The zero-order valence-electron chi connectivity index (χ0n) is 12.2. The Kier molecular flexibility index (Phi) is 12.9. The smallest absolute Gasteiger partial charge is 0.326 e. The van der Waals surface area contributed by atoms with Gasteiger partial charge in [-0.1, -0.05) is 12.1 Å². The number of alkyl halides is 6. The fourth-order valence-corrected chi connectivity index (χ4v) is 0.781. The quantitative estimate of drug-likeness (QED) is 0.213. The normalized spacial score (nSPS) is 11.9. The summed E-state index contributed by atoms with van der Waals surface area (Å²) < 4.78 is 115. The first-order valence-electron chi connectivity index (χ1n) is 5.38. The van der Waals surface area contributed by atoms with Crippen LogP contribution in [0.2, 0.25) is 0 Å². The molecule has 0 unspecified atom stereocenters. The topological polar surface area (TPSA) is 135 Å². The number of halogens is 6. The van der Waals surface area contributed by atoms with Crippen molar-refractivity contribution in [2.45, 2.75) is 22.5 Å². The minimum atomic E-state index is -5.84. The zero-order chi connectivity index (χ0) is 20.7. The van der Waals surface area contributed by atoms with Crippen LogP contribution in [-0.4, -0.2) is 37.0 Å². The first-order chi connectivity index (χ1) is 10.8. The van der Waals surface area contributed by atoms with Gasteiger partial charge in [-0.05, 0) is 17.7 Å². The van der Waals surface area contributed by atoms with Gasteiger partial charge < -0.3 is 5.73 Å². The van der Waals surface area contributed by atoms with E-state index in [1.165, 1.54) is 0 Å². The maximum Gasteiger partial charge on any atom is 0.522 e. The summed E-state index contributed by atoms with van der Waals surface area (Å²) in [5.74, 6) is 0. The number of rotatable bonds is 1. The highest BCUT2D eigenvalue weighted by atomic mass is 32.2. The molecule has 0 aromatic heterocycles. The first kappa shape index (κ1) is 30.0. The van der Waals surface area contributed by atoms with E-state index in [4.69, 9.17) is 31.7 Å². The fourth-order valence-electron chi connectivity index (χ4n) is 0.632. The number of benzene rings is 1. The average molecular weight is 473 g/mol. The molecule has 0 aliphatic carbocycles. The Balaban J connectivity index is -0.000000301. The van der Waals surface area contributed by atoms with Gasteiger partial charge in [0.05, 0.1) is 0 Å². The summed E-state index contributed by atoms with van der Waals surface area (Å²) in [6.45, 7) is 0.605. The molecule has 0 radical (unpaired) electrons. The lowest BCUT2D eigenvalue weighted by Crippen LogP contribution is -2.21. The number of nitrogens with two attached hydrogens (primary N) is 1. The van der Waals surface area contributed by atoms with Crippen molar-refractivity contribution in [3.8, 4) is 0 Å². The molecule has 7 nitrogen and oxygen atoms in total. The van der Waals surface area contributed by atoms with Gasteiger partial charge in [-0.15, -0.1) is 12.6 Å². The second-order valence-electron chi connectivity index (χ2n) is 3.71. The lowest BCUT2D eigenvalue weighted by Gasteiger charge is -1.97. The van der Waals surface area contributed by atoms with E-state index in [0.29, 0.717) is 6.54 Å². The summed E-state index contributed by atoms with van der Waals surface area (Å²) in [4.78, 5) is 0.979. The van der Waals surface area contributed by atoms with Gasteiger partial charge in [-0.25, -0.2) is 0 Å². The molecule has 0 atom stereocenters. The van der Waals surface area contributed by atoms with Crippen molar-refractivity contribution < 1.29 is 52.3 Å². The van der Waals surface area contributed by atoms with E-state index in [1.54, 1.807) is 0 Å². The van der Waals surface area contributed by atoms with Crippen LogP contribution in [0.5, 0.6) is 0 Å². The van der Waals surface area contributed by atoms with Crippen molar-refractivity contribution in [1.29, 1.82) is 0 Å². The monoisotopic (exact) mass is 473 g/mol. The molecule has 0 fully saturated rings. The Bertz CT molecular complexity index is 687. The lowest BCUT2D eigenvalue weighted by atomic mass is 10.2. The molecule has 0 amide bonds. The lowest BCUT2D eigenvalue weighted by molar-refractivity contribution is -0.0514. The molecule has 1 rings (SSSR count). The molecule has 0 saturated heterocycles. The molecular formula is C9H13F6NO6S4. The highest BCUT2D eigenvalue weighted by Gasteiger charge is 2.45. The van der Waals surface area contributed by atoms with E-state index < -0.39 is 31.3 Å². The largest absolute Gasteiger partial charge is 0.522 e. The maximum absolute atomic E-state index is 10.7. The van der Waals surface area contributed by atoms with Gasteiger partial charge in [-0.2, -0.15) is 56.7 Å². The standard InChI is InChI=1S/C7H9NS.2CHF3O3S.H2S/c8-5-6-1-3-7(9)4-2-6;2*2-1(3,4)8(5,6)7;/h1-4,9H,5,8H2;2*(H,5,6,7);1H2. The molecular weight excluding hydrogens is 460 g/mol. The van der Waals surface area contributed by atoms with Crippen molar-refractivity contribution in [1.82, 2.24) is 0 Å². The SMILES string of the molecule is NCc1ccc(S)cc1.O=S(=O)(O)C(F)(F)F.O=S(=O)(O)C(F)(F)F.S. The van der Waals surface area contributed by atoms with E-state index in [1.807, 2.05) is 24.3 Å². The van der Waals surface area contributed by atoms with Gasteiger partial charge in [-0.3, -0.25) is 9.11 Å². The fraction of sp³-hybridized carbons (Fsp3) is 0.333. The Labute approximate surface area is 156 Å². The van der Waals surface area contributed by atoms with E-state index >= 15 is 0 Å². The van der Waals surface area contributed by atoms with Crippen LogP contribution in [0.4, 0.5) is 26.3 Å². The van der Waals surface area contributed by atoms with E-state index in [2.05, 4.69) is 12.6 Å². The first-order valence-corrected chi connectivity index (χ1v) is 8.71. The average Bonchev–Trinajstić information content (AvgIpc) is 2.36. The van der Waals surface area contributed by atoms with Gasteiger partial charge >= 0.3 is 31.3 Å². The van der Waals surface area contributed by atoms with Crippen LogP contribution in [-0.2, 0) is 26.8 Å². The van der Waals surface area contributed by atoms with E-state index in [9.17, 15) is 26.3 Å². The second kappa shape index (κ2) is 11.2. The van der Waals surface area contributed by atoms with Crippen LogP contribution in [0.25, 0.3) is 0 Å². The Morgan fingerprint density at radius 2 is 1.08 bits per heavy atom. The molecule has 0 spiro atoms. The molecule has 156 valence electrons. The Morgan fingerprint density at radius 3 is 1.23 bits per heavy atom. The third-order valence-electron chi connectivity index (χ3n) is 1.76. The van der Waals surface area contributed by atoms with Gasteiger partial charge in [0.15, 0.2) is 0 Å². The minimum absolute atomic E-state index is 0. The summed E-state index contributed by atoms with van der Waals surface area (Å²) >= 11 is 4.13. The molecule has 1 aromatic rings. The minimum Gasteiger partial charge on any atom is -0.326 e. The molecule has 26 heavy (non-hydrogen) atoms. The van der Waals surface area contributed by atoms with Crippen molar-refractivity contribution in [2.75, 3.05) is 0 Å². The Morgan fingerprint density at radius 1 is 0.846 bits per heavy atom. The molecule has 0 bridgehead atoms.